The monoisotopic (exact) mass is 344 g/mol. The van der Waals surface area contributed by atoms with E-state index in [2.05, 4.69) is 15.3 Å². The number of likely N-dealkylation sites (tertiary alicyclic amines) is 1. The molecule has 1 fully saturated rings. The number of fused-ring (bicyclic) bond motifs is 1. The van der Waals surface area contributed by atoms with Gasteiger partial charge in [-0.3, -0.25) is 9.59 Å². The van der Waals surface area contributed by atoms with Gasteiger partial charge in [0.25, 0.3) is 0 Å². The zero-order chi connectivity index (χ0) is 17.6. The Hall–Kier alpha value is -2.41. The van der Waals surface area contributed by atoms with Crippen molar-refractivity contribution >= 4 is 22.8 Å². The molecular weight excluding hydrogens is 320 g/mol. The minimum absolute atomic E-state index is 0.0238. The van der Waals surface area contributed by atoms with Gasteiger partial charge in [-0.1, -0.05) is 12.1 Å². The first-order chi connectivity index (χ1) is 12.1. The molecular formula is C18H24N4O3. The molecule has 1 aromatic carbocycles. The Kier molecular flexibility index (Phi) is 5.65. The normalized spacial score (nSPS) is 14.9. The number of carbonyl (C=O) groups is 2. The van der Waals surface area contributed by atoms with E-state index in [4.69, 9.17) is 4.74 Å². The van der Waals surface area contributed by atoms with Crippen molar-refractivity contribution in [1.82, 2.24) is 20.2 Å². The van der Waals surface area contributed by atoms with E-state index >= 15 is 0 Å². The summed E-state index contributed by atoms with van der Waals surface area (Å²) in [5.74, 6) is 0.699. The molecule has 0 aliphatic carbocycles. The molecule has 0 atom stereocenters. The number of ether oxygens (including phenoxy) is 1. The smallest absolute Gasteiger partial charge is 0.246 e. The molecule has 1 saturated heterocycles. The van der Waals surface area contributed by atoms with Crippen molar-refractivity contribution in [1.29, 1.82) is 0 Å². The highest BCUT2D eigenvalue weighted by molar-refractivity contribution is 5.79. The Labute approximate surface area is 146 Å². The number of carbonyl (C=O) groups excluding carboxylic acids is 2. The van der Waals surface area contributed by atoms with Gasteiger partial charge in [0.15, 0.2) is 0 Å². The van der Waals surface area contributed by atoms with Crippen LogP contribution in [0, 0.1) is 6.92 Å². The Morgan fingerprint density at radius 2 is 2.28 bits per heavy atom. The number of hydrogen-bond acceptors (Lipinski definition) is 4. The molecule has 2 aromatic rings. The molecule has 7 heteroatoms. The summed E-state index contributed by atoms with van der Waals surface area (Å²) >= 11 is 0. The largest absolute Gasteiger partial charge is 0.364 e. The summed E-state index contributed by atoms with van der Waals surface area (Å²) in [6.07, 6.45) is 2.63. The number of aryl methyl sites for hydroxylation is 1. The zero-order valence-corrected chi connectivity index (χ0v) is 14.5. The van der Waals surface area contributed by atoms with E-state index in [9.17, 15) is 9.59 Å². The lowest BCUT2D eigenvalue weighted by Crippen LogP contribution is -2.41. The van der Waals surface area contributed by atoms with E-state index in [1.807, 2.05) is 25.1 Å². The molecule has 1 aromatic heterocycles. The fraction of sp³-hybridized carbons (Fsp3) is 0.500. The number of H-pyrrole nitrogens is 1. The van der Waals surface area contributed by atoms with Crippen LogP contribution in [0.4, 0.5) is 0 Å². The number of aromatic nitrogens is 2. The number of rotatable bonds is 7. The SMILES string of the molecule is Cc1cccc2[nH]c(COCC(=O)NCCN3CCCCC3=O)nc12. The quantitative estimate of drug-likeness (QED) is 0.797. The maximum atomic E-state index is 11.8. The van der Waals surface area contributed by atoms with Gasteiger partial charge >= 0.3 is 0 Å². The summed E-state index contributed by atoms with van der Waals surface area (Å²) in [5, 5.41) is 2.78. The van der Waals surface area contributed by atoms with E-state index in [1.54, 1.807) is 4.90 Å². The maximum absolute atomic E-state index is 11.8. The average Bonchev–Trinajstić information content (AvgIpc) is 3.01. The molecule has 3 rings (SSSR count). The number of para-hydroxylation sites is 1. The van der Waals surface area contributed by atoms with Gasteiger partial charge in [0, 0.05) is 26.1 Å². The highest BCUT2D eigenvalue weighted by atomic mass is 16.5. The molecule has 25 heavy (non-hydrogen) atoms. The van der Waals surface area contributed by atoms with Crippen molar-refractivity contribution in [3.05, 3.63) is 29.6 Å². The van der Waals surface area contributed by atoms with E-state index in [0.717, 1.165) is 36.0 Å². The predicted octanol–water partition coefficient (Wildman–Crippen LogP) is 1.52. The Balaban J connectivity index is 1.37. The van der Waals surface area contributed by atoms with Gasteiger partial charge in [0.2, 0.25) is 11.8 Å². The minimum Gasteiger partial charge on any atom is -0.364 e. The van der Waals surface area contributed by atoms with Crippen molar-refractivity contribution < 1.29 is 14.3 Å². The van der Waals surface area contributed by atoms with Crippen LogP contribution in [-0.2, 0) is 20.9 Å². The number of piperidine rings is 1. The molecule has 0 saturated carbocycles. The molecule has 0 unspecified atom stereocenters. The maximum Gasteiger partial charge on any atom is 0.246 e. The number of nitrogens with zero attached hydrogens (tertiary/aromatic N) is 2. The molecule has 1 aliphatic heterocycles. The fourth-order valence-electron chi connectivity index (χ4n) is 3.01. The fourth-order valence-corrected chi connectivity index (χ4v) is 3.01. The number of amides is 2. The van der Waals surface area contributed by atoms with E-state index in [-0.39, 0.29) is 25.0 Å². The second-order valence-electron chi connectivity index (χ2n) is 6.34. The van der Waals surface area contributed by atoms with Crippen LogP contribution in [0.2, 0.25) is 0 Å². The zero-order valence-electron chi connectivity index (χ0n) is 14.5. The number of imidazole rings is 1. The van der Waals surface area contributed by atoms with Gasteiger partial charge < -0.3 is 19.9 Å². The van der Waals surface area contributed by atoms with Crippen LogP contribution in [-0.4, -0.2) is 52.9 Å². The van der Waals surface area contributed by atoms with Crippen LogP contribution in [0.25, 0.3) is 11.0 Å². The third-order valence-electron chi connectivity index (χ3n) is 4.36. The lowest BCUT2D eigenvalue weighted by molar-refractivity contribution is -0.134. The van der Waals surface area contributed by atoms with Crippen LogP contribution in [0.5, 0.6) is 0 Å². The van der Waals surface area contributed by atoms with Gasteiger partial charge in [-0.15, -0.1) is 0 Å². The van der Waals surface area contributed by atoms with Crippen molar-refractivity contribution in [2.24, 2.45) is 0 Å². The molecule has 2 N–H and O–H groups in total. The van der Waals surface area contributed by atoms with Crippen molar-refractivity contribution in [2.45, 2.75) is 32.8 Å². The minimum atomic E-state index is -0.184. The van der Waals surface area contributed by atoms with Crippen LogP contribution in [0.3, 0.4) is 0 Å². The molecule has 0 radical (unpaired) electrons. The first-order valence-electron chi connectivity index (χ1n) is 8.70. The van der Waals surface area contributed by atoms with Crippen LogP contribution in [0.15, 0.2) is 18.2 Å². The second-order valence-corrected chi connectivity index (χ2v) is 6.34. The van der Waals surface area contributed by atoms with E-state index in [0.29, 0.717) is 25.3 Å². The Bertz CT molecular complexity index is 756. The highest BCUT2D eigenvalue weighted by Crippen LogP contribution is 2.15. The number of aromatic amines is 1. The number of hydrogen-bond donors (Lipinski definition) is 2. The van der Waals surface area contributed by atoms with Gasteiger partial charge in [0.05, 0.1) is 11.0 Å². The molecule has 2 amide bonds. The topological polar surface area (TPSA) is 87.3 Å². The summed E-state index contributed by atoms with van der Waals surface area (Å²) in [6.45, 7) is 4.05. The third-order valence-corrected chi connectivity index (χ3v) is 4.36. The van der Waals surface area contributed by atoms with Crippen LogP contribution < -0.4 is 5.32 Å². The van der Waals surface area contributed by atoms with E-state index in [1.165, 1.54) is 0 Å². The molecule has 2 heterocycles. The third kappa shape index (κ3) is 4.57. The predicted molar refractivity (Wildman–Crippen MR) is 93.9 cm³/mol. The van der Waals surface area contributed by atoms with Crippen LogP contribution in [0.1, 0.15) is 30.7 Å². The summed E-state index contributed by atoms with van der Waals surface area (Å²) in [7, 11) is 0. The highest BCUT2D eigenvalue weighted by Gasteiger charge is 2.17. The summed E-state index contributed by atoms with van der Waals surface area (Å²) in [6, 6.07) is 5.95. The summed E-state index contributed by atoms with van der Waals surface area (Å²) in [5.41, 5.74) is 3.00. The standard InChI is InChI=1S/C18H24N4O3/c1-13-5-4-6-14-18(13)21-15(20-14)11-25-12-16(23)19-8-10-22-9-3-2-7-17(22)24/h4-6H,2-3,7-12H2,1H3,(H,19,23)(H,20,21). The lowest BCUT2D eigenvalue weighted by atomic mass is 10.1. The summed E-state index contributed by atoms with van der Waals surface area (Å²) in [4.78, 5) is 33.0. The Morgan fingerprint density at radius 1 is 1.40 bits per heavy atom. The first-order valence-corrected chi connectivity index (χ1v) is 8.70. The van der Waals surface area contributed by atoms with Crippen molar-refractivity contribution in [3.8, 4) is 0 Å². The number of benzene rings is 1. The lowest BCUT2D eigenvalue weighted by Gasteiger charge is -2.26. The summed E-state index contributed by atoms with van der Waals surface area (Å²) < 4.78 is 5.43. The van der Waals surface area contributed by atoms with Gasteiger partial charge in [-0.25, -0.2) is 4.98 Å². The molecule has 0 spiro atoms. The van der Waals surface area contributed by atoms with Crippen molar-refractivity contribution in [3.63, 3.8) is 0 Å². The van der Waals surface area contributed by atoms with Gasteiger partial charge in [-0.05, 0) is 31.4 Å². The van der Waals surface area contributed by atoms with Crippen LogP contribution >= 0.6 is 0 Å². The molecule has 0 bridgehead atoms. The Morgan fingerprint density at radius 3 is 3.08 bits per heavy atom. The van der Waals surface area contributed by atoms with Gasteiger partial charge in [0.1, 0.15) is 19.0 Å². The molecule has 7 nitrogen and oxygen atoms in total. The van der Waals surface area contributed by atoms with E-state index < -0.39 is 0 Å². The first kappa shape index (κ1) is 17.4. The number of nitrogens with one attached hydrogen (secondary N) is 2. The van der Waals surface area contributed by atoms with Crippen molar-refractivity contribution in [2.75, 3.05) is 26.2 Å². The molecule has 1 aliphatic rings. The second kappa shape index (κ2) is 8.11. The van der Waals surface area contributed by atoms with Gasteiger partial charge in [-0.2, -0.15) is 0 Å². The average molecular weight is 344 g/mol. The molecule has 134 valence electrons.